The summed E-state index contributed by atoms with van der Waals surface area (Å²) in [6.45, 7) is 4.53. The zero-order valence-electron chi connectivity index (χ0n) is 18.6. The van der Waals surface area contributed by atoms with E-state index in [1.807, 2.05) is 0 Å². The topological polar surface area (TPSA) is 79.4 Å². The Bertz CT molecular complexity index is 1240. The SMILES string of the molecule is C=C(F)C(=O)Nc1cc2c(Nc3ccc(F)c(Cl)c3)ncnc2cc1OCC[C@H]1CCCN1C. The molecule has 1 fully saturated rings. The van der Waals surface area contributed by atoms with Crippen LogP contribution in [-0.2, 0) is 4.79 Å². The van der Waals surface area contributed by atoms with E-state index in [1.165, 1.54) is 24.5 Å². The molecule has 2 N–H and O–H groups in total. The second-order valence-electron chi connectivity index (χ2n) is 8.11. The molecule has 1 atom stereocenters. The highest BCUT2D eigenvalue weighted by Gasteiger charge is 2.21. The molecule has 0 radical (unpaired) electrons. The predicted octanol–water partition coefficient (Wildman–Crippen LogP) is 5.45. The van der Waals surface area contributed by atoms with Crippen molar-refractivity contribution in [2.75, 3.05) is 30.8 Å². The number of hydrogen-bond acceptors (Lipinski definition) is 6. The molecule has 2 aromatic carbocycles. The van der Waals surface area contributed by atoms with Gasteiger partial charge in [0.1, 0.15) is 23.7 Å². The minimum absolute atomic E-state index is 0.0404. The highest BCUT2D eigenvalue weighted by Crippen LogP contribution is 2.34. The van der Waals surface area contributed by atoms with Crippen LogP contribution in [0, 0.1) is 5.82 Å². The van der Waals surface area contributed by atoms with Gasteiger partial charge in [0.15, 0.2) is 5.83 Å². The molecule has 10 heteroatoms. The lowest BCUT2D eigenvalue weighted by Gasteiger charge is -2.20. The molecule has 0 bridgehead atoms. The Labute approximate surface area is 200 Å². The molecule has 0 unspecified atom stereocenters. The number of carbonyl (C=O) groups is 1. The van der Waals surface area contributed by atoms with E-state index in [0.717, 1.165) is 25.8 Å². The van der Waals surface area contributed by atoms with Gasteiger partial charge in [0.2, 0.25) is 0 Å². The van der Waals surface area contributed by atoms with Gasteiger partial charge in [0, 0.05) is 23.2 Å². The zero-order chi connectivity index (χ0) is 24.2. The molecule has 0 aliphatic carbocycles. The summed E-state index contributed by atoms with van der Waals surface area (Å²) in [4.78, 5) is 22.9. The van der Waals surface area contributed by atoms with E-state index in [2.05, 4.69) is 39.1 Å². The molecule has 1 saturated heterocycles. The summed E-state index contributed by atoms with van der Waals surface area (Å²) < 4.78 is 32.9. The van der Waals surface area contributed by atoms with Gasteiger partial charge in [-0.25, -0.2) is 18.7 Å². The largest absolute Gasteiger partial charge is 0.491 e. The van der Waals surface area contributed by atoms with Crippen molar-refractivity contribution in [3.63, 3.8) is 0 Å². The molecule has 3 aromatic rings. The number of benzene rings is 2. The van der Waals surface area contributed by atoms with Crippen molar-refractivity contribution in [2.24, 2.45) is 0 Å². The van der Waals surface area contributed by atoms with Gasteiger partial charge < -0.3 is 20.3 Å². The minimum atomic E-state index is -1.12. The molecule has 34 heavy (non-hydrogen) atoms. The predicted molar refractivity (Wildman–Crippen MR) is 129 cm³/mol. The van der Waals surface area contributed by atoms with Gasteiger partial charge in [0.05, 0.1) is 22.8 Å². The van der Waals surface area contributed by atoms with Crippen molar-refractivity contribution in [1.82, 2.24) is 14.9 Å². The fraction of sp³-hybridized carbons (Fsp3) is 0.292. The monoisotopic (exact) mass is 487 g/mol. The van der Waals surface area contributed by atoms with Crippen LogP contribution in [0.15, 0.2) is 49.1 Å². The Morgan fingerprint density at radius 3 is 2.85 bits per heavy atom. The normalized spacial score (nSPS) is 15.9. The van der Waals surface area contributed by atoms with E-state index in [-0.39, 0.29) is 10.7 Å². The van der Waals surface area contributed by atoms with Crippen molar-refractivity contribution in [2.45, 2.75) is 25.3 Å². The smallest absolute Gasteiger partial charge is 0.283 e. The number of fused-ring (bicyclic) bond motifs is 1. The number of hydrogen-bond donors (Lipinski definition) is 2. The second kappa shape index (κ2) is 10.3. The summed E-state index contributed by atoms with van der Waals surface area (Å²) >= 11 is 5.88. The Morgan fingerprint density at radius 2 is 2.15 bits per heavy atom. The quantitative estimate of drug-likeness (QED) is 0.411. The zero-order valence-corrected chi connectivity index (χ0v) is 19.3. The number of nitrogens with one attached hydrogen (secondary N) is 2. The molecular weight excluding hydrogens is 464 g/mol. The number of carbonyl (C=O) groups excluding carboxylic acids is 1. The van der Waals surface area contributed by atoms with Gasteiger partial charge in [0.25, 0.3) is 5.91 Å². The van der Waals surface area contributed by atoms with E-state index in [4.69, 9.17) is 16.3 Å². The fourth-order valence-corrected chi connectivity index (χ4v) is 4.13. The lowest BCUT2D eigenvalue weighted by atomic mass is 10.1. The summed E-state index contributed by atoms with van der Waals surface area (Å²) in [6, 6.07) is 7.88. The van der Waals surface area contributed by atoms with Crippen LogP contribution in [0.2, 0.25) is 5.02 Å². The number of amides is 1. The molecule has 1 aromatic heterocycles. The van der Waals surface area contributed by atoms with E-state index >= 15 is 0 Å². The van der Waals surface area contributed by atoms with E-state index in [9.17, 15) is 13.6 Å². The van der Waals surface area contributed by atoms with Crippen molar-refractivity contribution in [1.29, 1.82) is 0 Å². The molecule has 7 nitrogen and oxygen atoms in total. The number of nitrogens with zero attached hydrogens (tertiary/aromatic N) is 3. The average molecular weight is 488 g/mol. The van der Waals surface area contributed by atoms with Crippen molar-refractivity contribution in [3.8, 4) is 5.75 Å². The summed E-state index contributed by atoms with van der Waals surface area (Å²) in [7, 11) is 2.09. The third-order valence-electron chi connectivity index (χ3n) is 5.79. The van der Waals surface area contributed by atoms with E-state index in [0.29, 0.717) is 40.8 Å². The summed E-state index contributed by atoms with van der Waals surface area (Å²) in [5.41, 5.74) is 1.30. The van der Waals surface area contributed by atoms with Gasteiger partial charge in [-0.1, -0.05) is 18.2 Å². The Hall–Kier alpha value is -3.30. The summed E-state index contributed by atoms with van der Waals surface area (Å²) in [5.74, 6) is -1.89. The van der Waals surface area contributed by atoms with Gasteiger partial charge in [-0.05, 0) is 57.1 Å². The standard InChI is InChI=1S/C24H24ClF2N5O2/c1-14(26)24(33)31-21-11-17-20(12-22(21)34-9-7-16-4-3-8-32(16)2)28-13-29-23(17)30-15-5-6-19(27)18(25)10-15/h5-6,10-13,16H,1,3-4,7-9H2,2H3,(H,31,33)(H,28,29,30)/t16-/m1/s1. The number of aromatic nitrogens is 2. The first-order valence-electron chi connectivity index (χ1n) is 10.8. The second-order valence-corrected chi connectivity index (χ2v) is 8.52. The molecular formula is C24H24ClF2N5O2. The number of halogens is 3. The Morgan fingerprint density at radius 1 is 1.32 bits per heavy atom. The van der Waals surface area contributed by atoms with Crippen LogP contribution in [0.5, 0.6) is 5.75 Å². The fourth-order valence-electron chi connectivity index (χ4n) is 3.95. The van der Waals surface area contributed by atoms with Gasteiger partial charge in [-0.3, -0.25) is 4.79 Å². The number of likely N-dealkylation sites (tertiary alicyclic amines) is 1. The molecule has 1 amide bonds. The highest BCUT2D eigenvalue weighted by molar-refractivity contribution is 6.31. The van der Waals surface area contributed by atoms with Crippen molar-refractivity contribution < 1.29 is 18.3 Å². The molecule has 0 spiro atoms. The first-order chi connectivity index (χ1) is 16.3. The average Bonchev–Trinajstić information content (AvgIpc) is 3.21. The number of rotatable bonds is 8. The van der Waals surface area contributed by atoms with Crippen LogP contribution < -0.4 is 15.4 Å². The lowest BCUT2D eigenvalue weighted by Crippen LogP contribution is -2.26. The molecule has 2 heterocycles. The molecule has 178 valence electrons. The number of anilines is 3. The first-order valence-corrected chi connectivity index (χ1v) is 11.2. The molecule has 1 aliphatic heterocycles. The van der Waals surface area contributed by atoms with E-state index < -0.39 is 17.6 Å². The summed E-state index contributed by atoms with van der Waals surface area (Å²) in [5, 5.41) is 6.06. The van der Waals surface area contributed by atoms with Crippen LogP contribution in [-0.4, -0.2) is 47.0 Å². The maximum Gasteiger partial charge on any atom is 0.283 e. The lowest BCUT2D eigenvalue weighted by molar-refractivity contribution is -0.114. The van der Waals surface area contributed by atoms with Crippen molar-refractivity contribution >= 4 is 45.6 Å². The molecule has 0 saturated carbocycles. The van der Waals surface area contributed by atoms with Crippen LogP contribution in [0.4, 0.5) is 26.0 Å². The maximum absolute atomic E-state index is 13.5. The maximum atomic E-state index is 13.5. The van der Waals surface area contributed by atoms with Crippen LogP contribution in [0.25, 0.3) is 10.9 Å². The van der Waals surface area contributed by atoms with Crippen molar-refractivity contribution in [3.05, 3.63) is 59.9 Å². The Kier molecular flexibility index (Phi) is 7.23. The number of ether oxygens (including phenoxy) is 1. The summed E-state index contributed by atoms with van der Waals surface area (Å²) in [6.07, 6.45) is 4.45. The first kappa shape index (κ1) is 23.8. The van der Waals surface area contributed by atoms with E-state index in [1.54, 1.807) is 12.1 Å². The minimum Gasteiger partial charge on any atom is -0.491 e. The Balaban J connectivity index is 1.64. The molecule has 4 rings (SSSR count). The third-order valence-corrected chi connectivity index (χ3v) is 6.08. The van der Waals surface area contributed by atoms with Crippen LogP contribution in [0.3, 0.4) is 0 Å². The third kappa shape index (κ3) is 5.43. The van der Waals surface area contributed by atoms with Gasteiger partial charge >= 0.3 is 0 Å². The highest BCUT2D eigenvalue weighted by atomic mass is 35.5. The van der Waals surface area contributed by atoms with Gasteiger partial charge in [-0.2, -0.15) is 0 Å². The van der Waals surface area contributed by atoms with Gasteiger partial charge in [-0.15, -0.1) is 0 Å². The molecule has 1 aliphatic rings. The van der Waals surface area contributed by atoms with Crippen LogP contribution in [0.1, 0.15) is 19.3 Å². The van der Waals surface area contributed by atoms with Crippen LogP contribution >= 0.6 is 11.6 Å².